The lowest BCUT2D eigenvalue weighted by atomic mass is 9.95. The Morgan fingerprint density at radius 2 is 2.00 bits per heavy atom. The maximum atomic E-state index is 12.5. The van der Waals surface area contributed by atoms with Crippen LogP contribution in [0, 0.1) is 0 Å². The fraction of sp³-hybridized carbons (Fsp3) is 0.278. The van der Waals surface area contributed by atoms with Crippen LogP contribution in [0.15, 0.2) is 48.7 Å². The predicted octanol–water partition coefficient (Wildman–Crippen LogP) is 3.01. The molecule has 1 heterocycles. The van der Waals surface area contributed by atoms with Crippen LogP contribution in [0.2, 0.25) is 0 Å². The molecule has 0 saturated heterocycles. The molecule has 0 amide bonds. The number of rotatable bonds is 7. The number of hydrogen-bond acceptors (Lipinski definition) is 5. The maximum absolute atomic E-state index is 12.5. The minimum Gasteiger partial charge on any atom is -0.497 e. The van der Waals surface area contributed by atoms with Gasteiger partial charge in [-0.15, -0.1) is 0 Å². The first-order chi connectivity index (χ1) is 11.2. The number of nitrogens with zero attached hydrogens (tertiary/aromatic N) is 1. The van der Waals surface area contributed by atoms with Gasteiger partial charge in [0.05, 0.1) is 19.4 Å². The molecule has 5 heteroatoms. The first-order valence-corrected chi connectivity index (χ1v) is 7.40. The first-order valence-electron chi connectivity index (χ1n) is 7.40. The van der Waals surface area contributed by atoms with E-state index < -0.39 is 11.9 Å². The average Bonchev–Trinajstić information content (AvgIpc) is 2.60. The molecule has 0 aliphatic carbocycles. The predicted molar refractivity (Wildman–Crippen MR) is 85.6 cm³/mol. The lowest BCUT2D eigenvalue weighted by Gasteiger charge is -2.14. The van der Waals surface area contributed by atoms with Crippen LogP contribution in [-0.4, -0.2) is 30.5 Å². The van der Waals surface area contributed by atoms with Gasteiger partial charge in [-0.1, -0.05) is 18.2 Å². The molecule has 2 rings (SSSR count). The lowest BCUT2D eigenvalue weighted by Crippen LogP contribution is -2.20. The van der Waals surface area contributed by atoms with Gasteiger partial charge in [-0.3, -0.25) is 14.6 Å². The molecule has 0 aliphatic heterocycles. The molecular formula is C18H19NO4. The van der Waals surface area contributed by atoms with E-state index in [9.17, 15) is 9.59 Å². The Kier molecular flexibility index (Phi) is 5.86. The van der Waals surface area contributed by atoms with Crippen molar-refractivity contribution < 1.29 is 19.1 Å². The van der Waals surface area contributed by atoms with Crippen molar-refractivity contribution in [2.75, 3.05) is 13.7 Å². The summed E-state index contributed by atoms with van der Waals surface area (Å²) >= 11 is 0. The molecule has 1 unspecified atom stereocenters. The topological polar surface area (TPSA) is 65.5 Å². The van der Waals surface area contributed by atoms with E-state index in [-0.39, 0.29) is 18.8 Å². The molecule has 0 N–H and O–H groups in total. The van der Waals surface area contributed by atoms with Gasteiger partial charge in [0.25, 0.3) is 0 Å². The molecule has 0 aliphatic rings. The smallest absolute Gasteiger partial charge is 0.315 e. The van der Waals surface area contributed by atoms with Gasteiger partial charge in [-0.25, -0.2) is 0 Å². The average molecular weight is 313 g/mol. The van der Waals surface area contributed by atoms with Crippen LogP contribution in [-0.2, 0) is 9.53 Å². The summed E-state index contributed by atoms with van der Waals surface area (Å²) in [4.78, 5) is 28.9. The molecule has 2 aromatic rings. The van der Waals surface area contributed by atoms with Gasteiger partial charge in [0, 0.05) is 18.2 Å². The summed E-state index contributed by atoms with van der Waals surface area (Å²) in [5.41, 5.74) is 1.02. The Morgan fingerprint density at radius 1 is 1.17 bits per heavy atom. The van der Waals surface area contributed by atoms with Crippen molar-refractivity contribution in [2.45, 2.75) is 19.3 Å². The number of hydrogen-bond donors (Lipinski definition) is 0. The van der Waals surface area contributed by atoms with Gasteiger partial charge in [0.1, 0.15) is 11.7 Å². The van der Waals surface area contributed by atoms with Crippen LogP contribution in [0.4, 0.5) is 0 Å². The molecule has 0 bridgehead atoms. The third kappa shape index (κ3) is 4.39. The third-order valence-corrected chi connectivity index (χ3v) is 3.40. The zero-order chi connectivity index (χ0) is 16.7. The molecule has 0 fully saturated rings. The fourth-order valence-electron chi connectivity index (χ4n) is 2.23. The van der Waals surface area contributed by atoms with E-state index in [1.54, 1.807) is 62.7 Å². The van der Waals surface area contributed by atoms with Gasteiger partial charge in [-0.05, 0) is 31.2 Å². The highest BCUT2D eigenvalue weighted by Gasteiger charge is 2.26. The molecule has 0 saturated carbocycles. The van der Waals surface area contributed by atoms with Crippen molar-refractivity contribution in [2.24, 2.45) is 0 Å². The van der Waals surface area contributed by atoms with Crippen molar-refractivity contribution in [3.63, 3.8) is 0 Å². The highest BCUT2D eigenvalue weighted by Crippen LogP contribution is 2.23. The Hall–Kier alpha value is -2.69. The Labute approximate surface area is 135 Å². The van der Waals surface area contributed by atoms with E-state index in [2.05, 4.69) is 4.98 Å². The summed E-state index contributed by atoms with van der Waals surface area (Å²) in [6, 6.07) is 12.1. The van der Waals surface area contributed by atoms with Crippen molar-refractivity contribution in [3.8, 4) is 5.75 Å². The number of ether oxygens (including phenoxy) is 2. The van der Waals surface area contributed by atoms with E-state index in [1.807, 2.05) is 0 Å². The quantitative estimate of drug-likeness (QED) is 0.581. The van der Waals surface area contributed by atoms with Gasteiger partial charge in [-0.2, -0.15) is 0 Å². The van der Waals surface area contributed by atoms with Crippen LogP contribution in [0.25, 0.3) is 0 Å². The Bertz CT molecular complexity index is 670. The number of carbonyl (C=O) groups excluding carboxylic acids is 2. The lowest BCUT2D eigenvalue weighted by molar-refractivity contribution is -0.145. The summed E-state index contributed by atoms with van der Waals surface area (Å²) in [7, 11) is 1.54. The molecule has 1 aromatic heterocycles. The van der Waals surface area contributed by atoms with Crippen molar-refractivity contribution >= 4 is 11.8 Å². The van der Waals surface area contributed by atoms with E-state index in [0.29, 0.717) is 17.0 Å². The summed E-state index contributed by atoms with van der Waals surface area (Å²) in [6.07, 6.45) is 1.60. The number of Topliss-reactive ketones (excluding diaryl/α,β-unsaturated/α-hetero) is 1. The number of esters is 1. The van der Waals surface area contributed by atoms with E-state index in [1.165, 1.54) is 0 Å². The molecular weight excluding hydrogens is 294 g/mol. The summed E-state index contributed by atoms with van der Waals surface area (Å²) in [6.45, 7) is 1.99. The normalized spacial score (nSPS) is 11.6. The molecule has 0 radical (unpaired) electrons. The van der Waals surface area contributed by atoms with Crippen LogP contribution in [0.1, 0.15) is 35.3 Å². The molecule has 120 valence electrons. The highest BCUT2D eigenvalue weighted by atomic mass is 16.5. The zero-order valence-corrected chi connectivity index (χ0v) is 13.2. The van der Waals surface area contributed by atoms with Gasteiger partial charge >= 0.3 is 5.97 Å². The number of carbonyl (C=O) groups is 2. The van der Waals surface area contributed by atoms with Crippen LogP contribution < -0.4 is 4.74 Å². The standard InChI is InChI=1S/C18H19NO4/c1-3-23-18(21)15(16-9-4-5-10-19-16)12-17(20)13-7-6-8-14(11-13)22-2/h4-11,15H,3,12H2,1-2H3. The van der Waals surface area contributed by atoms with E-state index in [0.717, 1.165) is 0 Å². The van der Waals surface area contributed by atoms with Crippen molar-refractivity contribution in [3.05, 3.63) is 59.9 Å². The van der Waals surface area contributed by atoms with E-state index >= 15 is 0 Å². The summed E-state index contributed by atoms with van der Waals surface area (Å²) in [5.74, 6) is -0.716. The number of pyridine rings is 1. The second-order valence-electron chi connectivity index (χ2n) is 4.92. The SMILES string of the molecule is CCOC(=O)C(CC(=O)c1cccc(OC)c1)c1ccccn1. The van der Waals surface area contributed by atoms with Crippen LogP contribution >= 0.6 is 0 Å². The fourth-order valence-corrected chi connectivity index (χ4v) is 2.23. The highest BCUT2D eigenvalue weighted by molar-refractivity contribution is 5.99. The number of benzene rings is 1. The third-order valence-electron chi connectivity index (χ3n) is 3.40. The molecule has 23 heavy (non-hydrogen) atoms. The van der Waals surface area contributed by atoms with Crippen LogP contribution in [0.3, 0.4) is 0 Å². The monoisotopic (exact) mass is 313 g/mol. The van der Waals surface area contributed by atoms with Crippen LogP contribution in [0.5, 0.6) is 5.75 Å². The zero-order valence-electron chi connectivity index (χ0n) is 13.2. The van der Waals surface area contributed by atoms with Crippen molar-refractivity contribution in [1.29, 1.82) is 0 Å². The van der Waals surface area contributed by atoms with Gasteiger partial charge in [0.2, 0.25) is 0 Å². The number of ketones is 1. The number of aromatic nitrogens is 1. The van der Waals surface area contributed by atoms with Crippen molar-refractivity contribution in [1.82, 2.24) is 4.98 Å². The summed E-state index contributed by atoms with van der Waals surface area (Å²) < 4.78 is 10.2. The molecule has 0 spiro atoms. The van der Waals surface area contributed by atoms with E-state index in [4.69, 9.17) is 9.47 Å². The minimum atomic E-state index is -0.713. The second-order valence-corrected chi connectivity index (χ2v) is 4.92. The minimum absolute atomic E-state index is 0.00299. The second kappa shape index (κ2) is 8.08. The molecule has 1 atom stereocenters. The first kappa shape index (κ1) is 16.7. The number of methoxy groups -OCH3 is 1. The summed E-state index contributed by atoms with van der Waals surface area (Å²) in [5, 5.41) is 0. The molecule has 5 nitrogen and oxygen atoms in total. The van der Waals surface area contributed by atoms with Gasteiger partial charge in [0.15, 0.2) is 5.78 Å². The largest absolute Gasteiger partial charge is 0.497 e. The molecule has 1 aromatic carbocycles. The Balaban J connectivity index is 2.23. The van der Waals surface area contributed by atoms with Gasteiger partial charge < -0.3 is 9.47 Å². The maximum Gasteiger partial charge on any atom is 0.315 e. The Morgan fingerprint density at radius 3 is 2.65 bits per heavy atom.